The second kappa shape index (κ2) is 6.80. The van der Waals surface area contributed by atoms with Gasteiger partial charge in [-0.1, -0.05) is 18.2 Å². The number of benzene rings is 1. The van der Waals surface area contributed by atoms with E-state index in [0.717, 1.165) is 5.56 Å². The van der Waals surface area contributed by atoms with E-state index in [1.54, 1.807) is 12.1 Å². The lowest BCUT2D eigenvalue weighted by Gasteiger charge is -2.25. The van der Waals surface area contributed by atoms with E-state index in [-0.39, 0.29) is 17.8 Å². The second-order valence-electron chi connectivity index (χ2n) is 4.86. The molecule has 0 saturated carbocycles. The van der Waals surface area contributed by atoms with Gasteiger partial charge in [-0.3, -0.25) is 15.1 Å². The van der Waals surface area contributed by atoms with Gasteiger partial charge in [0.2, 0.25) is 0 Å². The standard InChI is InChI=1S/C15H18FN3OS/c1-10(12-5-3-4-6-13(12)16)19(2)9-11-7-8-21-14(11)15(20)18-17/h3-8,10H,9,17H2,1-2H3,(H,18,20). The molecule has 1 aromatic carbocycles. The third-order valence-electron chi connectivity index (χ3n) is 3.52. The summed E-state index contributed by atoms with van der Waals surface area (Å²) in [4.78, 5) is 14.2. The van der Waals surface area contributed by atoms with Crippen LogP contribution in [0.15, 0.2) is 35.7 Å². The first-order valence-corrected chi connectivity index (χ1v) is 7.44. The van der Waals surface area contributed by atoms with Crippen LogP contribution in [-0.2, 0) is 6.54 Å². The fraction of sp³-hybridized carbons (Fsp3) is 0.267. The molecule has 2 aromatic rings. The first-order chi connectivity index (χ1) is 10.0. The van der Waals surface area contributed by atoms with E-state index in [4.69, 9.17) is 5.84 Å². The van der Waals surface area contributed by atoms with Crippen molar-refractivity contribution < 1.29 is 9.18 Å². The summed E-state index contributed by atoms with van der Waals surface area (Å²) < 4.78 is 13.8. The highest BCUT2D eigenvalue weighted by molar-refractivity contribution is 7.12. The third-order valence-corrected chi connectivity index (χ3v) is 4.48. The van der Waals surface area contributed by atoms with Gasteiger partial charge in [0.1, 0.15) is 5.82 Å². The predicted molar refractivity (Wildman–Crippen MR) is 82.3 cm³/mol. The zero-order chi connectivity index (χ0) is 15.4. The predicted octanol–water partition coefficient (Wildman–Crippen LogP) is 2.68. The van der Waals surface area contributed by atoms with Crippen LogP contribution in [-0.4, -0.2) is 17.9 Å². The summed E-state index contributed by atoms with van der Waals surface area (Å²) in [6, 6.07) is 8.52. The Morgan fingerprint density at radius 2 is 2.14 bits per heavy atom. The number of thiophene rings is 1. The number of carbonyl (C=O) groups excluding carboxylic acids is 1. The van der Waals surface area contributed by atoms with Crippen molar-refractivity contribution in [2.24, 2.45) is 5.84 Å². The van der Waals surface area contributed by atoms with Gasteiger partial charge in [0.25, 0.3) is 5.91 Å². The molecule has 4 nitrogen and oxygen atoms in total. The monoisotopic (exact) mass is 307 g/mol. The van der Waals surface area contributed by atoms with Gasteiger partial charge < -0.3 is 0 Å². The normalized spacial score (nSPS) is 12.4. The molecule has 1 heterocycles. The van der Waals surface area contributed by atoms with Crippen LogP contribution in [0.2, 0.25) is 0 Å². The minimum atomic E-state index is -0.299. The van der Waals surface area contributed by atoms with Gasteiger partial charge in [0.05, 0.1) is 4.88 Å². The van der Waals surface area contributed by atoms with Crippen molar-refractivity contribution >= 4 is 17.2 Å². The fourth-order valence-electron chi connectivity index (χ4n) is 2.18. The Bertz CT molecular complexity index is 629. The van der Waals surface area contributed by atoms with Crippen molar-refractivity contribution in [2.45, 2.75) is 19.5 Å². The molecule has 112 valence electrons. The number of hydrazine groups is 1. The van der Waals surface area contributed by atoms with Gasteiger partial charge in [-0.15, -0.1) is 11.3 Å². The molecule has 1 atom stereocenters. The highest BCUT2D eigenvalue weighted by Gasteiger charge is 2.19. The van der Waals surface area contributed by atoms with E-state index in [1.165, 1.54) is 17.4 Å². The highest BCUT2D eigenvalue weighted by atomic mass is 32.1. The Hall–Kier alpha value is -1.76. The molecular weight excluding hydrogens is 289 g/mol. The molecule has 0 saturated heterocycles. The van der Waals surface area contributed by atoms with Gasteiger partial charge in [0.15, 0.2) is 0 Å². The van der Waals surface area contributed by atoms with E-state index in [2.05, 4.69) is 5.43 Å². The number of carbonyl (C=O) groups is 1. The summed E-state index contributed by atoms with van der Waals surface area (Å²) in [5, 5.41) is 1.85. The minimum absolute atomic E-state index is 0.0973. The molecule has 0 fully saturated rings. The van der Waals surface area contributed by atoms with Crippen molar-refractivity contribution in [1.29, 1.82) is 0 Å². The van der Waals surface area contributed by atoms with Crippen LogP contribution >= 0.6 is 11.3 Å². The maximum Gasteiger partial charge on any atom is 0.275 e. The van der Waals surface area contributed by atoms with Gasteiger partial charge in [-0.2, -0.15) is 0 Å². The number of nitrogens with zero attached hydrogens (tertiary/aromatic N) is 1. The van der Waals surface area contributed by atoms with Crippen molar-refractivity contribution in [2.75, 3.05) is 7.05 Å². The molecule has 1 amide bonds. The van der Waals surface area contributed by atoms with Crippen LogP contribution in [0, 0.1) is 5.82 Å². The fourth-order valence-corrected chi connectivity index (χ4v) is 3.00. The van der Waals surface area contributed by atoms with Crippen LogP contribution < -0.4 is 11.3 Å². The Balaban J connectivity index is 2.15. The van der Waals surface area contributed by atoms with Crippen LogP contribution in [0.3, 0.4) is 0 Å². The van der Waals surface area contributed by atoms with E-state index >= 15 is 0 Å². The van der Waals surface area contributed by atoms with E-state index in [9.17, 15) is 9.18 Å². The summed E-state index contributed by atoms with van der Waals surface area (Å²) in [5.41, 5.74) is 3.67. The summed E-state index contributed by atoms with van der Waals surface area (Å²) in [5.74, 6) is 4.66. The molecule has 2 rings (SSSR count). The average Bonchev–Trinajstić information content (AvgIpc) is 2.94. The Morgan fingerprint density at radius 3 is 2.81 bits per heavy atom. The van der Waals surface area contributed by atoms with Crippen LogP contribution in [0.1, 0.15) is 33.8 Å². The quantitative estimate of drug-likeness (QED) is 0.507. The van der Waals surface area contributed by atoms with Crippen molar-refractivity contribution in [1.82, 2.24) is 10.3 Å². The molecule has 0 aliphatic rings. The lowest BCUT2D eigenvalue weighted by atomic mass is 10.1. The van der Waals surface area contributed by atoms with Gasteiger partial charge >= 0.3 is 0 Å². The SMILES string of the molecule is CC(c1ccccc1F)N(C)Cc1ccsc1C(=O)NN. The molecular formula is C15H18FN3OS. The molecule has 0 aliphatic heterocycles. The maximum atomic E-state index is 13.8. The molecule has 21 heavy (non-hydrogen) atoms. The second-order valence-corrected chi connectivity index (χ2v) is 5.78. The number of nitrogen functional groups attached to an aromatic ring is 1. The van der Waals surface area contributed by atoms with Crippen molar-refractivity contribution in [3.63, 3.8) is 0 Å². The number of hydrogen-bond donors (Lipinski definition) is 2. The Morgan fingerprint density at radius 1 is 1.43 bits per heavy atom. The number of hydrogen-bond acceptors (Lipinski definition) is 4. The third kappa shape index (κ3) is 3.47. The molecule has 0 bridgehead atoms. The summed E-state index contributed by atoms with van der Waals surface area (Å²) in [7, 11) is 1.90. The van der Waals surface area contributed by atoms with Gasteiger partial charge in [-0.25, -0.2) is 10.2 Å². The number of amides is 1. The first-order valence-electron chi connectivity index (χ1n) is 6.56. The Kier molecular flexibility index (Phi) is 5.06. The number of halogens is 1. The molecule has 0 radical (unpaired) electrons. The summed E-state index contributed by atoms with van der Waals surface area (Å²) >= 11 is 1.34. The lowest BCUT2D eigenvalue weighted by molar-refractivity contribution is 0.0955. The summed E-state index contributed by atoms with van der Waals surface area (Å²) in [6.45, 7) is 2.48. The molecule has 3 N–H and O–H groups in total. The van der Waals surface area contributed by atoms with Crippen molar-refractivity contribution in [3.8, 4) is 0 Å². The largest absolute Gasteiger partial charge is 0.295 e. The van der Waals surface area contributed by atoms with Crippen molar-refractivity contribution in [3.05, 3.63) is 57.5 Å². The topological polar surface area (TPSA) is 58.4 Å². The first kappa shape index (κ1) is 15.6. The highest BCUT2D eigenvalue weighted by Crippen LogP contribution is 2.25. The van der Waals surface area contributed by atoms with Crippen LogP contribution in [0.25, 0.3) is 0 Å². The number of nitrogens with two attached hydrogens (primary N) is 1. The molecule has 1 aromatic heterocycles. The molecule has 0 spiro atoms. The van der Waals surface area contributed by atoms with E-state index < -0.39 is 0 Å². The average molecular weight is 307 g/mol. The maximum absolute atomic E-state index is 13.8. The molecule has 1 unspecified atom stereocenters. The summed E-state index contributed by atoms with van der Waals surface area (Å²) in [6.07, 6.45) is 0. The smallest absolute Gasteiger partial charge is 0.275 e. The Labute approximate surface area is 127 Å². The van der Waals surface area contributed by atoms with E-state index in [1.807, 2.05) is 36.4 Å². The number of nitrogens with one attached hydrogen (secondary N) is 1. The molecule has 6 heteroatoms. The van der Waals surface area contributed by atoms with Gasteiger partial charge in [-0.05, 0) is 37.0 Å². The van der Waals surface area contributed by atoms with Gasteiger partial charge in [0, 0.05) is 18.2 Å². The minimum Gasteiger partial charge on any atom is -0.295 e. The lowest BCUT2D eigenvalue weighted by Crippen LogP contribution is -2.31. The van der Waals surface area contributed by atoms with E-state index in [0.29, 0.717) is 17.0 Å². The molecule has 0 aliphatic carbocycles. The van der Waals surface area contributed by atoms with Crippen LogP contribution in [0.4, 0.5) is 4.39 Å². The zero-order valence-electron chi connectivity index (χ0n) is 12.0. The zero-order valence-corrected chi connectivity index (χ0v) is 12.8. The number of rotatable bonds is 5. The van der Waals surface area contributed by atoms with Crippen LogP contribution in [0.5, 0.6) is 0 Å².